The van der Waals surface area contributed by atoms with Crippen molar-refractivity contribution < 1.29 is 13.5 Å². The molecule has 2 N–H and O–H groups in total. The second kappa shape index (κ2) is 4.09. The van der Waals surface area contributed by atoms with Gasteiger partial charge in [-0.1, -0.05) is 0 Å². The molecule has 1 aromatic heterocycles. The van der Waals surface area contributed by atoms with Crippen molar-refractivity contribution in [3.05, 3.63) is 42.2 Å². The smallest absolute Gasteiger partial charge is 0.321 e. The lowest BCUT2D eigenvalue weighted by atomic mass is 10.3. The van der Waals surface area contributed by atoms with E-state index in [0.717, 1.165) is 12.1 Å². The van der Waals surface area contributed by atoms with Crippen molar-refractivity contribution in [1.29, 1.82) is 0 Å². The Balaban J connectivity index is 2.32. The molecule has 0 spiro atoms. The van der Waals surface area contributed by atoms with Crippen LogP contribution in [0, 0.1) is 11.6 Å². The van der Waals surface area contributed by atoms with Gasteiger partial charge >= 0.3 is 6.01 Å². The van der Waals surface area contributed by atoms with Gasteiger partial charge in [0.05, 0.1) is 5.69 Å². The molecule has 0 bridgehead atoms. The van der Waals surface area contributed by atoms with E-state index < -0.39 is 11.6 Å². The molecule has 16 heavy (non-hydrogen) atoms. The van der Waals surface area contributed by atoms with Crippen LogP contribution in [0.3, 0.4) is 0 Å². The van der Waals surface area contributed by atoms with Crippen LogP contribution in [0.5, 0.6) is 11.8 Å². The number of anilines is 1. The molecule has 0 saturated heterocycles. The van der Waals surface area contributed by atoms with Crippen LogP contribution in [0.2, 0.25) is 0 Å². The molecule has 0 unspecified atom stereocenters. The van der Waals surface area contributed by atoms with Gasteiger partial charge in [-0.2, -0.15) is 0 Å². The highest BCUT2D eigenvalue weighted by Crippen LogP contribution is 2.25. The van der Waals surface area contributed by atoms with Gasteiger partial charge in [0.15, 0.2) is 11.6 Å². The Hall–Kier alpha value is -2.24. The lowest BCUT2D eigenvalue weighted by molar-refractivity contribution is 0.407. The highest BCUT2D eigenvalue weighted by molar-refractivity contribution is 5.45. The van der Waals surface area contributed by atoms with Crippen LogP contribution < -0.4 is 10.5 Å². The highest BCUT2D eigenvalue weighted by Gasteiger charge is 2.10. The van der Waals surface area contributed by atoms with E-state index in [4.69, 9.17) is 10.5 Å². The van der Waals surface area contributed by atoms with E-state index in [1.54, 1.807) is 6.07 Å². The fourth-order valence-corrected chi connectivity index (χ4v) is 1.06. The van der Waals surface area contributed by atoms with Crippen LogP contribution in [0.4, 0.5) is 14.5 Å². The zero-order chi connectivity index (χ0) is 11.5. The molecule has 2 aromatic rings. The first-order valence-electron chi connectivity index (χ1n) is 4.36. The van der Waals surface area contributed by atoms with E-state index in [-0.39, 0.29) is 17.4 Å². The van der Waals surface area contributed by atoms with Crippen LogP contribution in [0.1, 0.15) is 0 Å². The molecule has 0 aliphatic heterocycles. The molecule has 0 saturated carbocycles. The average Bonchev–Trinajstić information content (AvgIpc) is 2.27. The van der Waals surface area contributed by atoms with E-state index in [2.05, 4.69) is 9.97 Å². The summed E-state index contributed by atoms with van der Waals surface area (Å²) in [6, 6.07) is 3.20. The molecule has 4 nitrogen and oxygen atoms in total. The van der Waals surface area contributed by atoms with Crippen molar-refractivity contribution >= 4 is 5.69 Å². The van der Waals surface area contributed by atoms with Crippen LogP contribution in [0.25, 0.3) is 0 Å². The van der Waals surface area contributed by atoms with Gasteiger partial charge in [-0.3, -0.25) is 0 Å². The molecule has 0 amide bonds. The highest BCUT2D eigenvalue weighted by atomic mass is 19.1. The third-order valence-corrected chi connectivity index (χ3v) is 1.79. The summed E-state index contributed by atoms with van der Waals surface area (Å²) in [5, 5.41) is 0. The maximum atomic E-state index is 13.3. The first-order chi connectivity index (χ1) is 7.66. The van der Waals surface area contributed by atoms with Crippen LogP contribution in [-0.2, 0) is 0 Å². The molecule has 82 valence electrons. The predicted molar refractivity (Wildman–Crippen MR) is 52.9 cm³/mol. The van der Waals surface area contributed by atoms with Crippen molar-refractivity contribution in [2.45, 2.75) is 0 Å². The molecule has 2 rings (SSSR count). The summed E-state index contributed by atoms with van der Waals surface area (Å²) < 4.78 is 31.3. The van der Waals surface area contributed by atoms with Crippen molar-refractivity contribution in [2.75, 3.05) is 5.73 Å². The normalized spacial score (nSPS) is 10.1. The summed E-state index contributed by atoms with van der Waals surface area (Å²) >= 11 is 0. The third kappa shape index (κ3) is 2.05. The largest absolute Gasteiger partial charge is 0.421 e. The Kier molecular flexibility index (Phi) is 2.63. The molecule has 0 radical (unpaired) electrons. The van der Waals surface area contributed by atoms with Crippen molar-refractivity contribution in [1.82, 2.24) is 9.97 Å². The Morgan fingerprint density at radius 1 is 1.06 bits per heavy atom. The van der Waals surface area contributed by atoms with Crippen molar-refractivity contribution in [3.8, 4) is 11.8 Å². The molecule has 0 aliphatic carbocycles. The average molecular weight is 223 g/mol. The number of rotatable bonds is 2. The minimum Gasteiger partial charge on any atom is -0.421 e. The van der Waals surface area contributed by atoms with Gasteiger partial charge in [-0.25, -0.2) is 18.7 Å². The molecule has 0 aliphatic rings. The molecule has 6 heteroatoms. The summed E-state index contributed by atoms with van der Waals surface area (Å²) in [4.78, 5) is 7.43. The second-order valence-corrected chi connectivity index (χ2v) is 2.94. The van der Waals surface area contributed by atoms with Gasteiger partial charge in [0, 0.05) is 24.5 Å². The lowest BCUT2D eigenvalue weighted by Crippen LogP contribution is -1.97. The monoisotopic (exact) mass is 223 g/mol. The molecule has 0 fully saturated rings. The van der Waals surface area contributed by atoms with E-state index in [1.165, 1.54) is 12.4 Å². The molecule has 0 atom stereocenters. The van der Waals surface area contributed by atoms with Gasteiger partial charge in [0.2, 0.25) is 0 Å². The fraction of sp³-hybridized carbons (Fsp3) is 0. The summed E-state index contributed by atoms with van der Waals surface area (Å²) in [7, 11) is 0. The van der Waals surface area contributed by atoms with Gasteiger partial charge in [-0.15, -0.1) is 0 Å². The fourth-order valence-electron chi connectivity index (χ4n) is 1.06. The standard InChI is InChI=1S/C10H7F2N3O/c11-6-5-9(7(12)4-8(6)13)16-10-14-2-1-3-15-10/h1-5H,13H2. The third-order valence-electron chi connectivity index (χ3n) is 1.79. The molecule has 1 aromatic carbocycles. The van der Waals surface area contributed by atoms with Gasteiger partial charge in [-0.05, 0) is 6.07 Å². The number of halogens is 2. The van der Waals surface area contributed by atoms with Crippen LogP contribution in [0.15, 0.2) is 30.6 Å². The first kappa shape index (κ1) is 10.3. The minimum absolute atomic E-state index is 0.0643. The van der Waals surface area contributed by atoms with Gasteiger partial charge < -0.3 is 10.5 Å². The number of ether oxygens (including phenoxy) is 1. The van der Waals surface area contributed by atoms with E-state index in [9.17, 15) is 8.78 Å². The topological polar surface area (TPSA) is 61.0 Å². The van der Waals surface area contributed by atoms with Gasteiger partial charge in [0.25, 0.3) is 0 Å². The SMILES string of the molecule is Nc1cc(F)c(Oc2ncccn2)cc1F. The molecular weight excluding hydrogens is 216 g/mol. The summed E-state index contributed by atoms with van der Waals surface area (Å²) in [5.74, 6) is -1.84. The Bertz CT molecular complexity index is 505. The number of aromatic nitrogens is 2. The predicted octanol–water partition coefficient (Wildman–Crippen LogP) is 2.13. The maximum absolute atomic E-state index is 13.3. The number of hydrogen-bond donors (Lipinski definition) is 1. The number of nitrogens with two attached hydrogens (primary N) is 1. The molecular formula is C10H7F2N3O. The Morgan fingerprint density at radius 3 is 2.44 bits per heavy atom. The van der Waals surface area contributed by atoms with E-state index in [0.29, 0.717) is 0 Å². The quantitative estimate of drug-likeness (QED) is 0.792. The Labute approximate surface area is 89.7 Å². The van der Waals surface area contributed by atoms with E-state index >= 15 is 0 Å². The summed E-state index contributed by atoms with van der Waals surface area (Å²) in [5.41, 5.74) is 4.90. The number of nitrogens with zero attached hydrogens (tertiary/aromatic N) is 2. The summed E-state index contributed by atoms with van der Waals surface area (Å²) in [6.45, 7) is 0. The zero-order valence-corrected chi connectivity index (χ0v) is 8.02. The minimum atomic E-state index is -0.772. The zero-order valence-electron chi connectivity index (χ0n) is 8.02. The number of nitrogen functional groups attached to an aromatic ring is 1. The van der Waals surface area contributed by atoms with Crippen molar-refractivity contribution in [3.63, 3.8) is 0 Å². The first-order valence-corrected chi connectivity index (χ1v) is 4.36. The van der Waals surface area contributed by atoms with Crippen molar-refractivity contribution in [2.24, 2.45) is 0 Å². The number of hydrogen-bond acceptors (Lipinski definition) is 4. The van der Waals surface area contributed by atoms with Gasteiger partial charge in [0.1, 0.15) is 5.82 Å². The van der Waals surface area contributed by atoms with Crippen LogP contribution in [-0.4, -0.2) is 9.97 Å². The summed E-state index contributed by atoms with van der Waals surface area (Å²) in [6.07, 6.45) is 2.85. The van der Waals surface area contributed by atoms with E-state index in [1.807, 2.05) is 0 Å². The Morgan fingerprint density at radius 2 is 1.75 bits per heavy atom. The number of benzene rings is 1. The second-order valence-electron chi connectivity index (χ2n) is 2.94. The lowest BCUT2D eigenvalue weighted by Gasteiger charge is -2.05. The molecule has 1 heterocycles. The van der Waals surface area contributed by atoms with Crippen LogP contribution >= 0.6 is 0 Å². The maximum Gasteiger partial charge on any atom is 0.321 e.